The topological polar surface area (TPSA) is 54.7 Å². The van der Waals surface area contributed by atoms with Crippen molar-refractivity contribution in [1.29, 1.82) is 0 Å². The zero-order valence-corrected chi connectivity index (χ0v) is 16.2. The highest BCUT2D eigenvalue weighted by atomic mass is 16.5. The highest BCUT2D eigenvalue weighted by Crippen LogP contribution is 2.24. The van der Waals surface area contributed by atoms with Crippen LogP contribution in [-0.4, -0.2) is 37.0 Å². The predicted molar refractivity (Wildman–Crippen MR) is 106 cm³/mol. The van der Waals surface area contributed by atoms with Crippen LogP contribution in [0.25, 0.3) is 0 Å². The quantitative estimate of drug-likeness (QED) is 0.764. The first kappa shape index (κ1) is 19.5. The number of furan rings is 1. The molecule has 2 aromatic rings. The second-order valence-electron chi connectivity index (χ2n) is 7.04. The maximum atomic E-state index is 12.5. The smallest absolute Gasteiger partial charge is 0.224 e. The van der Waals surface area contributed by atoms with Crippen molar-refractivity contribution >= 4 is 5.91 Å². The summed E-state index contributed by atoms with van der Waals surface area (Å²) < 4.78 is 11.1. The van der Waals surface area contributed by atoms with E-state index in [9.17, 15) is 4.79 Å². The lowest BCUT2D eigenvalue weighted by atomic mass is 10.1. The highest BCUT2D eigenvalue weighted by molar-refractivity contribution is 5.78. The van der Waals surface area contributed by atoms with Gasteiger partial charge in [-0.1, -0.05) is 25.0 Å². The summed E-state index contributed by atoms with van der Waals surface area (Å²) in [5, 5.41) is 3.11. The van der Waals surface area contributed by atoms with Crippen LogP contribution < -0.4 is 10.1 Å². The van der Waals surface area contributed by atoms with Gasteiger partial charge in [-0.2, -0.15) is 0 Å². The highest BCUT2D eigenvalue weighted by Gasteiger charge is 2.24. The van der Waals surface area contributed by atoms with Gasteiger partial charge in [0.1, 0.15) is 11.5 Å². The number of nitrogens with one attached hydrogen (secondary N) is 1. The molecule has 0 bridgehead atoms. The van der Waals surface area contributed by atoms with Gasteiger partial charge in [0, 0.05) is 6.54 Å². The van der Waals surface area contributed by atoms with Crippen molar-refractivity contribution in [2.24, 2.45) is 0 Å². The van der Waals surface area contributed by atoms with E-state index in [1.54, 1.807) is 6.26 Å². The molecule has 0 radical (unpaired) electrons. The Bertz CT molecular complexity index is 674. The molecule has 1 fully saturated rings. The van der Waals surface area contributed by atoms with Crippen LogP contribution in [0.3, 0.4) is 0 Å². The molecule has 1 aliphatic heterocycles. The lowest BCUT2D eigenvalue weighted by Gasteiger charge is -2.29. The van der Waals surface area contributed by atoms with Crippen molar-refractivity contribution in [3.8, 4) is 5.75 Å². The molecule has 2 heterocycles. The molecule has 0 aliphatic carbocycles. The van der Waals surface area contributed by atoms with Crippen LogP contribution >= 0.6 is 0 Å². The lowest BCUT2D eigenvalue weighted by Crippen LogP contribution is -2.39. The molecular weight excluding hydrogens is 340 g/mol. The van der Waals surface area contributed by atoms with Crippen molar-refractivity contribution in [1.82, 2.24) is 10.2 Å². The fourth-order valence-corrected chi connectivity index (χ4v) is 3.63. The molecule has 27 heavy (non-hydrogen) atoms. The number of carbonyl (C=O) groups excluding carboxylic acids is 1. The van der Waals surface area contributed by atoms with Crippen molar-refractivity contribution in [2.75, 3.05) is 26.2 Å². The Labute approximate surface area is 161 Å². The fraction of sp³-hybridized carbons (Fsp3) is 0.500. The van der Waals surface area contributed by atoms with Gasteiger partial charge in [-0.05, 0) is 62.7 Å². The molecule has 1 atom stereocenters. The van der Waals surface area contributed by atoms with Gasteiger partial charge in [-0.15, -0.1) is 0 Å². The maximum Gasteiger partial charge on any atom is 0.224 e. The Morgan fingerprint density at radius 2 is 1.89 bits per heavy atom. The van der Waals surface area contributed by atoms with Crippen molar-refractivity contribution < 1.29 is 13.9 Å². The van der Waals surface area contributed by atoms with Gasteiger partial charge in [0.05, 0.1) is 25.3 Å². The first-order valence-electron chi connectivity index (χ1n) is 10.0. The third-order valence-corrected chi connectivity index (χ3v) is 5.04. The summed E-state index contributed by atoms with van der Waals surface area (Å²) >= 11 is 0. The van der Waals surface area contributed by atoms with Gasteiger partial charge in [-0.25, -0.2) is 0 Å². The summed E-state index contributed by atoms with van der Waals surface area (Å²) in [5.74, 6) is 1.80. The largest absolute Gasteiger partial charge is 0.494 e. The number of carbonyl (C=O) groups is 1. The van der Waals surface area contributed by atoms with Crippen molar-refractivity contribution in [3.63, 3.8) is 0 Å². The van der Waals surface area contributed by atoms with Crippen molar-refractivity contribution in [3.05, 3.63) is 54.0 Å². The number of likely N-dealkylation sites (tertiary alicyclic amines) is 1. The Morgan fingerprint density at radius 3 is 2.52 bits per heavy atom. The van der Waals surface area contributed by atoms with Crippen LogP contribution in [0, 0.1) is 0 Å². The van der Waals surface area contributed by atoms with Gasteiger partial charge in [0.2, 0.25) is 5.91 Å². The first-order valence-corrected chi connectivity index (χ1v) is 10.0. The number of hydrogen-bond acceptors (Lipinski definition) is 4. The van der Waals surface area contributed by atoms with Crippen LogP contribution in [0.15, 0.2) is 47.1 Å². The first-order chi connectivity index (χ1) is 13.3. The molecule has 0 spiro atoms. The lowest BCUT2D eigenvalue weighted by molar-refractivity contribution is -0.120. The van der Waals surface area contributed by atoms with Crippen LogP contribution in [-0.2, 0) is 11.2 Å². The standard InChI is InChI=1S/C22H30N2O3/c1-2-26-19-11-9-18(10-12-19)16-22(25)23-17-20(21-8-7-15-27-21)24-13-5-3-4-6-14-24/h7-12,15,20H,2-6,13-14,16-17H2,1H3,(H,23,25). The molecule has 1 saturated heterocycles. The molecule has 5 nitrogen and oxygen atoms in total. The molecule has 1 unspecified atom stereocenters. The average Bonchev–Trinajstić information content (AvgIpc) is 3.07. The molecule has 1 aromatic heterocycles. The molecule has 1 aromatic carbocycles. The Hall–Kier alpha value is -2.27. The summed E-state index contributed by atoms with van der Waals surface area (Å²) in [4.78, 5) is 14.9. The average molecular weight is 370 g/mol. The molecule has 1 amide bonds. The fourth-order valence-electron chi connectivity index (χ4n) is 3.63. The monoisotopic (exact) mass is 370 g/mol. The molecule has 1 N–H and O–H groups in total. The number of hydrogen-bond donors (Lipinski definition) is 1. The second kappa shape index (κ2) is 10.2. The molecule has 1 aliphatic rings. The van der Waals surface area contributed by atoms with Gasteiger partial charge in [0.25, 0.3) is 0 Å². The molecule has 5 heteroatoms. The number of ether oxygens (including phenoxy) is 1. The number of rotatable bonds is 8. The summed E-state index contributed by atoms with van der Waals surface area (Å²) in [5.41, 5.74) is 0.986. The van der Waals surface area contributed by atoms with Crippen LogP contribution in [0.4, 0.5) is 0 Å². The van der Waals surface area contributed by atoms with Gasteiger partial charge < -0.3 is 14.5 Å². The maximum absolute atomic E-state index is 12.5. The zero-order valence-electron chi connectivity index (χ0n) is 16.2. The number of amides is 1. The Morgan fingerprint density at radius 1 is 1.15 bits per heavy atom. The molecule has 146 valence electrons. The summed E-state index contributed by atoms with van der Waals surface area (Å²) in [6, 6.07) is 11.7. The van der Waals surface area contributed by atoms with E-state index in [1.165, 1.54) is 25.7 Å². The van der Waals surface area contributed by atoms with E-state index in [0.717, 1.165) is 30.2 Å². The van der Waals surface area contributed by atoms with Crippen LogP contribution in [0.1, 0.15) is 50.0 Å². The SMILES string of the molecule is CCOc1ccc(CC(=O)NCC(c2ccco2)N2CCCCCC2)cc1. The predicted octanol–water partition coefficient (Wildman–Crippen LogP) is 3.95. The summed E-state index contributed by atoms with van der Waals surface area (Å²) in [6.07, 6.45) is 7.06. The zero-order chi connectivity index (χ0) is 18.9. The van der Waals surface area contributed by atoms with Crippen LogP contribution in [0.2, 0.25) is 0 Å². The third kappa shape index (κ3) is 5.86. The Balaban J connectivity index is 1.56. The van der Waals surface area contributed by atoms with Crippen molar-refractivity contribution in [2.45, 2.75) is 45.1 Å². The van der Waals surface area contributed by atoms with E-state index in [-0.39, 0.29) is 11.9 Å². The molecule has 3 rings (SSSR count). The Kier molecular flexibility index (Phi) is 7.34. The summed E-state index contributed by atoms with van der Waals surface area (Å²) in [7, 11) is 0. The molecule has 0 saturated carbocycles. The van der Waals surface area contributed by atoms with Crippen LogP contribution in [0.5, 0.6) is 5.75 Å². The van der Waals surface area contributed by atoms with E-state index in [4.69, 9.17) is 9.15 Å². The minimum atomic E-state index is 0.0329. The van der Waals surface area contributed by atoms with Gasteiger partial charge in [0.15, 0.2) is 0 Å². The minimum Gasteiger partial charge on any atom is -0.494 e. The second-order valence-corrected chi connectivity index (χ2v) is 7.04. The van der Waals surface area contributed by atoms with E-state index in [1.807, 2.05) is 43.3 Å². The normalized spacial score (nSPS) is 16.5. The van der Waals surface area contributed by atoms with Gasteiger partial charge in [-0.3, -0.25) is 9.69 Å². The molecular formula is C22H30N2O3. The number of nitrogens with zero attached hydrogens (tertiary/aromatic N) is 1. The minimum absolute atomic E-state index is 0.0329. The summed E-state index contributed by atoms with van der Waals surface area (Å²) in [6.45, 7) is 5.29. The van der Waals surface area contributed by atoms with Gasteiger partial charge >= 0.3 is 0 Å². The van der Waals surface area contributed by atoms with E-state index in [2.05, 4.69) is 10.2 Å². The number of benzene rings is 1. The van der Waals surface area contributed by atoms with E-state index in [0.29, 0.717) is 19.6 Å². The van der Waals surface area contributed by atoms with E-state index < -0.39 is 0 Å². The van der Waals surface area contributed by atoms with E-state index >= 15 is 0 Å². The third-order valence-electron chi connectivity index (χ3n) is 5.04.